The Morgan fingerprint density at radius 3 is 2.23 bits per heavy atom. The lowest BCUT2D eigenvalue weighted by molar-refractivity contribution is -0.124. The number of carbonyl (C=O) groups excluding carboxylic acids is 3. The minimum absolute atomic E-state index is 0.0809. The number of urea groups is 1. The van der Waals surface area contributed by atoms with Crippen LogP contribution in [0.4, 0.5) is 15.6 Å². The Morgan fingerprint density at radius 1 is 0.943 bits per heavy atom. The van der Waals surface area contributed by atoms with Crippen LogP contribution in [-0.4, -0.2) is 22.8 Å². The molecule has 3 aliphatic carbocycles. The van der Waals surface area contributed by atoms with E-state index in [0.29, 0.717) is 17.4 Å². The van der Waals surface area contributed by atoms with Crippen molar-refractivity contribution >= 4 is 40.0 Å². The van der Waals surface area contributed by atoms with Gasteiger partial charge in [-0.1, -0.05) is 54.6 Å². The summed E-state index contributed by atoms with van der Waals surface area (Å²) < 4.78 is 0. The summed E-state index contributed by atoms with van der Waals surface area (Å²) >= 11 is 1.37. The molecule has 4 unspecified atom stereocenters. The van der Waals surface area contributed by atoms with Gasteiger partial charge in [-0.05, 0) is 42.4 Å². The summed E-state index contributed by atoms with van der Waals surface area (Å²) in [4.78, 5) is 44.4. The number of amides is 4. The van der Waals surface area contributed by atoms with Gasteiger partial charge in [0.25, 0.3) is 0 Å². The molecule has 2 aromatic carbocycles. The fourth-order valence-corrected chi connectivity index (χ4v) is 6.20. The molecule has 7 nitrogen and oxygen atoms in total. The number of carbonyl (C=O) groups is 3. The smallest absolute Gasteiger partial charge is 0.321 e. The first-order valence-corrected chi connectivity index (χ1v) is 12.7. The van der Waals surface area contributed by atoms with Crippen molar-refractivity contribution in [2.75, 3.05) is 10.2 Å². The summed E-state index contributed by atoms with van der Waals surface area (Å²) in [7, 11) is 0. The second-order valence-corrected chi connectivity index (χ2v) is 10.1. The van der Waals surface area contributed by atoms with Crippen LogP contribution in [0.1, 0.15) is 18.4 Å². The third-order valence-corrected chi connectivity index (χ3v) is 7.96. The number of anilines is 2. The van der Waals surface area contributed by atoms with Crippen molar-refractivity contribution in [1.29, 1.82) is 0 Å². The Bertz CT molecular complexity index is 1290. The zero-order valence-electron chi connectivity index (χ0n) is 18.9. The maximum absolute atomic E-state index is 13.1. The van der Waals surface area contributed by atoms with Crippen LogP contribution in [0.2, 0.25) is 0 Å². The molecule has 1 saturated heterocycles. The molecule has 3 aromatic rings. The summed E-state index contributed by atoms with van der Waals surface area (Å²) in [5.74, 6) is -0.246. The van der Waals surface area contributed by atoms with Crippen molar-refractivity contribution in [3.05, 3.63) is 77.7 Å². The van der Waals surface area contributed by atoms with Gasteiger partial charge in [0, 0.05) is 17.5 Å². The quantitative estimate of drug-likeness (QED) is 0.401. The maximum Gasteiger partial charge on any atom is 0.321 e. The van der Waals surface area contributed by atoms with E-state index in [1.807, 2.05) is 47.8 Å². The number of hydrogen-bond acceptors (Lipinski definition) is 5. The van der Waals surface area contributed by atoms with Gasteiger partial charge in [0.2, 0.25) is 11.8 Å². The van der Waals surface area contributed by atoms with Crippen molar-refractivity contribution in [3.63, 3.8) is 0 Å². The molecular weight excluding hydrogens is 460 g/mol. The summed E-state index contributed by atoms with van der Waals surface area (Å²) in [5.41, 5.74) is 3.27. The standard InChI is InChI=1S/C27H24N4O3S/c32-24-22-18-8-9-19(11-10-18)23(22)25(33)31(24)20-12-6-16(7-13-20)14-28-26(34)30-27-29-21(15-35-27)17-4-2-1-3-5-17/h1-9,12-13,15,18-19,22-23H,10-11,14H2,(H2,28,29,30,34). The topological polar surface area (TPSA) is 91.4 Å². The van der Waals surface area contributed by atoms with Crippen molar-refractivity contribution in [3.8, 4) is 11.3 Å². The highest BCUT2D eigenvalue weighted by atomic mass is 32.1. The molecule has 2 N–H and O–H groups in total. The zero-order chi connectivity index (χ0) is 23.9. The fraction of sp³-hybridized carbons (Fsp3) is 0.259. The second kappa shape index (κ2) is 8.78. The number of allylic oxidation sites excluding steroid dienone is 2. The van der Waals surface area contributed by atoms with Gasteiger partial charge in [0.05, 0.1) is 23.2 Å². The van der Waals surface area contributed by atoms with Crippen LogP contribution in [0.15, 0.2) is 72.1 Å². The van der Waals surface area contributed by atoms with Gasteiger partial charge in [-0.15, -0.1) is 11.3 Å². The van der Waals surface area contributed by atoms with Crippen LogP contribution in [0.25, 0.3) is 11.3 Å². The third kappa shape index (κ3) is 3.93. The van der Waals surface area contributed by atoms with Gasteiger partial charge in [0.1, 0.15) is 0 Å². The summed E-state index contributed by atoms with van der Waals surface area (Å²) in [6.07, 6.45) is 6.21. The van der Waals surface area contributed by atoms with Crippen LogP contribution >= 0.6 is 11.3 Å². The molecule has 7 rings (SSSR count). The van der Waals surface area contributed by atoms with E-state index in [1.165, 1.54) is 16.2 Å². The van der Waals surface area contributed by atoms with E-state index in [9.17, 15) is 14.4 Å². The van der Waals surface area contributed by atoms with Crippen molar-refractivity contribution in [2.24, 2.45) is 23.7 Å². The van der Waals surface area contributed by atoms with Crippen LogP contribution in [0.3, 0.4) is 0 Å². The zero-order valence-corrected chi connectivity index (χ0v) is 19.7. The Kier molecular flexibility index (Phi) is 5.45. The minimum atomic E-state index is -0.347. The predicted octanol–water partition coefficient (Wildman–Crippen LogP) is 4.83. The first-order valence-electron chi connectivity index (χ1n) is 11.8. The van der Waals surface area contributed by atoms with E-state index in [2.05, 4.69) is 27.8 Å². The summed E-state index contributed by atoms with van der Waals surface area (Å²) in [6, 6.07) is 16.7. The maximum atomic E-state index is 13.1. The summed E-state index contributed by atoms with van der Waals surface area (Å²) in [6.45, 7) is 0.310. The molecule has 1 aromatic heterocycles. The highest BCUT2D eigenvalue weighted by Gasteiger charge is 2.56. The monoisotopic (exact) mass is 484 g/mol. The fourth-order valence-electron chi connectivity index (χ4n) is 5.49. The lowest BCUT2D eigenvalue weighted by Gasteiger charge is -2.38. The van der Waals surface area contributed by atoms with Crippen LogP contribution in [0.5, 0.6) is 0 Å². The number of fused-ring (bicyclic) bond motifs is 1. The van der Waals surface area contributed by atoms with E-state index in [-0.39, 0.29) is 41.5 Å². The van der Waals surface area contributed by atoms with Crippen LogP contribution in [-0.2, 0) is 16.1 Å². The number of imide groups is 1. The molecule has 2 bridgehead atoms. The SMILES string of the molecule is O=C(NCc1ccc(N2C(=O)C3C4C=CC(CC4)C3C2=O)cc1)Nc1nc(-c2ccccc2)cs1. The molecule has 1 aliphatic heterocycles. The van der Waals surface area contributed by atoms with Crippen molar-refractivity contribution < 1.29 is 14.4 Å². The number of rotatable bonds is 5. The average Bonchev–Trinajstić information content (AvgIpc) is 3.48. The molecule has 176 valence electrons. The molecule has 4 amide bonds. The van der Waals surface area contributed by atoms with Gasteiger partial charge in [-0.3, -0.25) is 19.8 Å². The van der Waals surface area contributed by atoms with E-state index < -0.39 is 0 Å². The highest BCUT2D eigenvalue weighted by molar-refractivity contribution is 7.14. The van der Waals surface area contributed by atoms with Crippen LogP contribution in [0, 0.1) is 23.7 Å². The highest BCUT2D eigenvalue weighted by Crippen LogP contribution is 2.50. The number of thiazole rings is 1. The first-order chi connectivity index (χ1) is 17.1. The normalized spacial score (nSPS) is 24.5. The van der Waals surface area contributed by atoms with Crippen LogP contribution < -0.4 is 15.5 Å². The van der Waals surface area contributed by atoms with Gasteiger partial charge in [-0.2, -0.15) is 0 Å². The van der Waals surface area contributed by atoms with E-state index in [1.54, 1.807) is 12.1 Å². The number of nitrogens with one attached hydrogen (secondary N) is 2. The molecule has 0 spiro atoms. The summed E-state index contributed by atoms with van der Waals surface area (Å²) in [5, 5.41) is 8.02. The average molecular weight is 485 g/mol. The first kappa shape index (κ1) is 21.7. The molecule has 2 fully saturated rings. The van der Waals surface area contributed by atoms with Gasteiger partial charge < -0.3 is 5.32 Å². The number of nitrogens with zero attached hydrogens (tertiary/aromatic N) is 2. The van der Waals surface area contributed by atoms with E-state index >= 15 is 0 Å². The van der Waals surface area contributed by atoms with Crippen molar-refractivity contribution in [1.82, 2.24) is 10.3 Å². The Morgan fingerprint density at radius 2 is 1.60 bits per heavy atom. The molecular formula is C27H24N4O3S. The Hall–Kier alpha value is -3.78. The molecule has 0 radical (unpaired) electrons. The van der Waals surface area contributed by atoms with Gasteiger partial charge in [-0.25, -0.2) is 9.78 Å². The second-order valence-electron chi connectivity index (χ2n) is 9.23. The van der Waals surface area contributed by atoms with E-state index in [4.69, 9.17) is 0 Å². The number of benzene rings is 2. The third-order valence-electron chi connectivity index (χ3n) is 7.20. The van der Waals surface area contributed by atoms with E-state index in [0.717, 1.165) is 29.7 Å². The lowest BCUT2D eigenvalue weighted by Crippen LogP contribution is -2.38. The van der Waals surface area contributed by atoms with Gasteiger partial charge in [0.15, 0.2) is 5.13 Å². The lowest BCUT2D eigenvalue weighted by atomic mass is 9.63. The predicted molar refractivity (Wildman–Crippen MR) is 135 cm³/mol. The van der Waals surface area contributed by atoms with Gasteiger partial charge >= 0.3 is 6.03 Å². The molecule has 1 saturated carbocycles. The number of aromatic nitrogens is 1. The largest absolute Gasteiger partial charge is 0.334 e. The minimum Gasteiger partial charge on any atom is -0.334 e. The van der Waals surface area contributed by atoms with Crippen molar-refractivity contribution in [2.45, 2.75) is 19.4 Å². The Labute approximate surface area is 206 Å². The number of hydrogen-bond donors (Lipinski definition) is 2. The molecule has 2 heterocycles. The molecule has 4 atom stereocenters. The molecule has 35 heavy (non-hydrogen) atoms. The Balaban J connectivity index is 1.07. The molecule has 4 aliphatic rings. The molecule has 8 heteroatoms.